The maximum atomic E-state index is 13.5. The molecule has 3 aromatic rings. The number of carbonyl (C=O) groups excluding carboxylic acids is 2. The minimum Gasteiger partial charge on any atom is -0.342 e. The Balaban J connectivity index is 1.56. The second-order valence-corrected chi connectivity index (χ2v) is 8.68. The van der Waals surface area contributed by atoms with E-state index in [1.807, 2.05) is 48.5 Å². The third kappa shape index (κ3) is 5.72. The lowest BCUT2D eigenvalue weighted by Crippen LogP contribution is -2.49. The molecule has 0 spiro atoms. The van der Waals surface area contributed by atoms with E-state index < -0.39 is 23.8 Å². The second kappa shape index (κ2) is 10.3. The highest BCUT2D eigenvalue weighted by Crippen LogP contribution is 2.35. The van der Waals surface area contributed by atoms with E-state index in [2.05, 4.69) is 10.4 Å². The smallest absolute Gasteiger partial charge is 0.342 e. The van der Waals surface area contributed by atoms with Gasteiger partial charge in [0.05, 0.1) is 0 Å². The lowest BCUT2D eigenvalue weighted by molar-refractivity contribution is -0.142. The Kier molecular flexibility index (Phi) is 7.23. The normalized spacial score (nSPS) is 14.2. The molecule has 2 amide bonds. The van der Waals surface area contributed by atoms with Gasteiger partial charge in [-0.2, -0.15) is 18.3 Å². The summed E-state index contributed by atoms with van der Waals surface area (Å²) in [6.45, 7) is -0.383. The molecule has 1 heterocycles. The molecule has 1 aromatic heterocycles. The predicted molar refractivity (Wildman–Crippen MR) is 126 cm³/mol. The fraction of sp³-hybridized carbons (Fsp3) is 0.346. The largest absolute Gasteiger partial charge is 0.435 e. The fourth-order valence-electron chi connectivity index (χ4n) is 4.47. The van der Waals surface area contributed by atoms with Crippen LogP contribution in [0.1, 0.15) is 35.4 Å². The van der Waals surface area contributed by atoms with Crippen molar-refractivity contribution in [2.75, 3.05) is 11.9 Å². The van der Waals surface area contributed by atoms with Gasteiger partial charge in [-0.1, -0.05) is 48.5 Å². The number of anilines is 1. The number of likely N-dealkylation sites (N-methyl/N-ethyl adjacent to an activating group) is 1. The first-order valence-corrected chi connectivity index (χ1v) is 11.6. The monoisotopic (exact) mass is 484 g/mol. The van der Waals surface area contributed by atoms with Gasteiger partial charge < -0.3 is 10.2 Å². The summed E-state index contributed by atoms with van der Waals surface area (Å²) in [5.41, 5.74) is 1.23. The minimum absolute atomic E-state index is 0.178. The van der Waals surface area contributed by atoms with Crippen molar-refractivity contribution in [1.29, 1.82) is 0 Å². The van der Waals surface area contributed by atoms with Crippen molar-refractivity contribution < 1.29 is 22.8 Å². The third-order valence-electron chi connectivity index (χ3n) is 6.21. The Morgan fingerprint density at radius 1 is 1.03 bits per heavy atom. The Morgan fingerprint density at radius 3 is 2.31 bits per heavy atom. The molecular weight excluding hydrogens is 457 g/mol. The van der Waals surface area contributed by atoms with Crippen LogP contribution in [-0.4, -0.2) is 34.7 Å². The average Bonchev–Trinajstić information content (AvgIpc) is 3.23. The minimum atomic E-state index is -4.58. The van der Waals surface area contributed by atoms with E-state index in [1.165, 1.54) is 4.90 Å². The first-order chi connectivity index (χ1) is 16.7. The molecule has 35 heavy (non-hydrogen) atoms. The number of alkyl halides is 3. The molecule has 0 bridgehead atoms. The molecule has 0 fully saturated rings. The number of benzene rings is 2. The fourth-order valence-corrected chi connectivity index (χ4v) is 4.47. The lowest BCUT2D eigenvalue weighted by atomic mass is 9.95. The van der Waals surface area contributed by atoms with Gasteiger partial charge in [0.2, 0.25) is 11.8 Å². The summed E-state index contributed by atoms with van der Waals surface area (Å²) in [5.74, 6) is -0.891. The van der Waals surface area contributed by atoms with Crippen LogP contribution >= 0.6 is 0 Å². The number of hydrogen-bond acceptors (Lipinski definition) is 3. The lowest BCUT2D eigenvalue weighted by Gasteiger charge is -2.25. The van der Waals surface area contributed by atoms with Crippen LogP contribution in [0.3, 0.4) is 0 Å². The van der Waals surface area contributed by atoms with Crippen LogP contribution in [-0.2, 0) is 41.6 Å². The molecule has 1 aliphatic rings. The molecule has 6 nitrogen and oxygen atoms in total. The van der Waals surface area contributed by atoms with Crippen molar-refractivity contribution in [3.63, 3.8) is 0 Å². The van der Waals surface area contributed by atoms with Gasteiger partial charge in [-0.25, -0.2) is 0 Å². The molecule has 1 unspecified atom stereocenters. The van der Waals surface area contributed by atoms with Crippen molar-refractivity contribution in [3.8, 4) is 0 Å². The molecule has 1 N–H and O–H groups in total. The number of amides is 2. The molecule has 9 heteroatoms. The molecule has 184 valence electrons. The number of nitrogens with one attached hydrogen (secondary N) is 1. The highest BCUT2D eigenvalue weighted by Gasteiger charge is 2.39. The van der Waals surface area contributed by atoms with Crippen molar-refractivity contribution in [2.24, 2.45) is 0 Å². The van der Waals surface area contributed by atoms with Crippen molar-refractivity contribution in [2.45, 2.75) is 50.9 Å². The van der Waals surface area contributed by atoms with Crippen LogP contribution < -0.4 is 10.2 Å². The van der Waals surface area contributed by atoms with Gasteiger partial charge in [-0.15, -0.1) is 0 Å². The zero-order valence-electron chi connectivity index (χ0n) is 19.4. The van der Waals surface area contributed by atoms with E-state index in [-0.39, 0.29) is 24.4 Å². The van der Waals surface area contributed by atoms with Crippen molar-refractivity contribution in [3.05, 3.63) is 83.2 Å². The average molecular weight is 485 g/mol. The highest BCUT2D eigenvalue weighted by atomic mass is 19.4. The van der Waals surface area contributed by atoms with E-state index in [1.54, 1.807) is 19.2 Å². The number of halogens is 3. The number of carbonyl (C=O) groups is 2. The summed E-state index contributed by atoms with van der Waals surface area (Å²) in [5, 5.41) is 6.50. The van der Waals surface area contributed by atoms with E-state index in [0.29, 0.717) is 30.6 Å². The van der Waals surface area contributed by atoms with Gasteiger partial charge in [0.15, 0.2) is 5.69 Å². The molecule has 0 saturated carbocycles. The molecule has 1 aliphatic carbocycles. The number of para-hydroxylation sites is 1. The van der Waals surface area contributed by atoms with Gasteiger partial charge in [0.1, 0.15) is 12.6 Å². The number of aromatic nitrogens is 2. The van der Waals surface area contributed by atoms with Gasteiger partial charge in [0, 0.05) is 30.4 Å². The van der Waals surface area contributed by atoms with Crippen LogP contribution in [0.2, 0.25) is 0 Å². The molecule has 4 rings (SSSR count). The van der Waals surface area contributed by atoms with Gasteiger partial charge in [0.25, 0.3) is 0 Å². The molecule has 0 saturated heterocycles. The topological polar surface area (TPSA) is 67.2 Å². The first kappa shape index (κ1) is 24.5. The van der Waals surface area contributed by atoms with Crippen LogP contribution in [0.4, 0.5) is 18.9 Å². The Bertz CT molecular complexity index is 1180. The zero-order chi connectivity index (χ0) is 25.0. The molecule has 2 aromatic carbocycles. The third-order valence-corrected chi connectivity index (χ3v) is 6.21. The standard InChI is InChI=1S/C26H27F3N4O2/c1-32(19-12-6-3-7-13-19)25(35)21(16-18-10-4-2-5-11-18)30-23(34)17-33-22-15-9-8-14-20(22)24(31-33)26(27,28)29/h2-7,10-13,21H,8-9,14-17H2,1H3,(H,30,34). The summed E-state index contributed by atoms with van der Waals surface area (Å²) in [6, 6.07) is 17.4. The number of hydrogen-bond donors (Lipinski definition) is 1. The van der Waals surface area contributed by atoms with E-state index >= 15 is 0 Å². The Hall–Kier alpha value is -3.62. The molecular formula is C26H27F3N4O2. The van der Waals surface area contributed by atoms with Crippen LogP contribution in [0.15, 0.2) is 60.7 Å². The van der Waals surface area contributed by atoms with Gasteiger partial charge >= 0.3 is 6.18 Å². The Morgan fingerprint density at radius 2 is 1.66 bits per heavy atom. The van der Waals surface area contributed by atoms with E-state index in [4.69, 9.17) is 0 Å². The van der Waals surface area contributed by atoms with E-state index in [9.17, 15) is 22.8 Å². The van der Waals surface area contributed by atoms with Crippen LogP contribution in [0, 0.1) is 0 Å². The summed E-state index contributed by atoms with van der Waals surface area (Å²) < 4.78 is 41.7. The first-order valence-electron chi connectivity index (χ1n) is 11.6. The molecule has 0 radical (unpaired) electrons. The maximum Gasteiger partial charge on any atom is 0.435 e. The summed E-state index contributed by atoms with van der Waals surface area (Å²) in [6.07, 6.45) is -2.19. The quantitative estimate of drug-likeness (QED) is 0.548. The maximum absolute atomic E-state index is 13.5. The van der Waals surface area contributed by atoms with Gasteiger partial charge in [-0.3, -0.25) is 14.3 Å². The predicted octanol–water partition coefficient (Wildman–Crippen LogP) is 4.17. The second-order valence-electron chi connectivity index (χ2n) is 8.68. The summed E-state index contributed by atoms with van der Waals surface area (Å²) >= 11 is 0. The van der Waals surface area contributed by atoms with Crippen LogP contribution in [0.25, 0.3) is 0 Å². The number of rotatable bonds is 7. The van der Waals surface area contributed by atoms with Crippen molar-refractivity contribution in [1.82, 2.24) is 15.1 Å². The molecule has 0 aliphatic heterocycles. The Labute approximate surface area is 201 Å². The SMILES string of the molecule is CN(C(=O)C(Cc1ccccc1)NC(=O)Cn1nc(C(F)(F)F)c2c1CCCC2)c1ccccc1. The van der Waals surface area contributed by atoms with E-state index in [0.717, 1.165) is 16.7 Å². The highest BCUT2D eigenvalue weighted by molar-refractivity contribution is 5.99. The summed E-state index contributed by atoms with van der Waals surface area (Å²) in [7, 11) is 1.63. The number of fused-ring (bicyclic) bond motifs is 1. The van der Waals surface area contributed by atoms with Crippen molar-refractivity contribution >= 4 is 17.5 Å². The molecule has 1 atom stereocenters. The van der Waals surface area contributed by atoms with Gasteiger partial charge in [-0.05, 0) is 43.4 Å². The van der Waals surface area contributed by atoms with Crippen LogP contribution in [0.5, 0.6) is 0 Å². The number of nitrogens with zero attached hydrogens (tertiary/aromatic N) is 3. The summed E-state index contributed by atoms with van der Waals surface area (Å²) in [4.78, 5) is 27.8. The zero-order valence-corrected chi connectivity index (χ0v) is 19.4.